The average Bonchev–Trinajstić information content (AvgIpc) is 2.45. The van der Waals surface area contributed by atoms with Gasteiger partial charge in [-0.05, 0) is 25.5 Å². The van der Waals surface area contributed by atoms with Crippen molar-refractivity contribution in [2.24, 2.45) is 0 Å². The topological polar surface area (TPSA) is 75.7 Å². The molecule has 1 N–H and O–H groups in total. The maximum absolute atomic E-state index is 12.3. The fourth-order valence-electron chi connectivity index (χ4n) is 2.49. The number of ether oxygens (including phenoxy) is 1. The monoisotopic (exact) mass is 326 g/mol. The van der Waals surface area contributed by atoms with Crippen LogP contribution in [-0.2, 0) is 14.8 Å². The van der Waals surface area contributed by atoms with Crippen molar-refractivity contribution in [1.29, 1.82) is 0 Å². The summed E-state index contributed by atoms with van der Waals surface area (Å²) in [5, 5.41) is 2.87. The van der Waals surface area contributed by atoms with Crippen molar-refractivity contribution in [3.05, 3.63) is 24.3 Å². The van der Waals surface area contributed by atoms with Crippen molar-refractivity contribution in [2.45, 2.75) is 38.8 Å². The molecule has 0 aromatic heterocycles. The molecule has 0 aliphatic carbocycles. The Hall–Kier alpha value is -1.76. The summed E-state index contributed by atoms with van der Waals surface area (Å²) in [6.07, 6.45) is 2.11. The van der Waals surface area contributed by atoms with E-state index in [1.165, 1.54) is 4.31 Å². The summed E-state index contributed by atoms with van der Waals surface area (Å²) < 4.78 is 30.9. The van der Waals surface area contributed by atoms with Gasteiger partial charge in [-0.2, -0.15) is 0 Å². The summed E-state index contributed by atoms with van der Waals surface area (Å²) in [7, 11) is -3.47. The number of benzene rings is 1. The van der Waals surface area contributed by atoms with E-state index in [9.17, 15) is 13.2 Å². The molecule has 122 valence electrons. The third kappa shape index (κ3) is 3.71. The zero-order valence-electron chi connectivity index (χ0n) is 13.1. The van der Waals surface area contributed by atoms with E-state index < -0.39 is 16.1 Å². The second-order valence-electron chi connectivity index (χ2n) is 5.57. The predicted molar refractivity (Wildman–Crippen MR) is 85.6 cm³/mol. The molecule has 1 aliphatic rings. The molecular formula is C15H22N2O4S. The number of anilines is 1. The van der Waals surface area contributed by atoms with Crippen molar-refractivity contribution in [2.75, 3.05) is 17.1 Å². The molecule has 0 unspecified atom stereocenters. The molecule has 1 aliphatic heterocycles. The molecule has 1 amide bonds. The molecule has 22 heavy (non-hydrogen) atoms. The number of rotatable bonds is 5. The molecule has 1 heterocycles. The number of hydrogen-bond donors (Lipinski definition) is 1. The summed E-state index contributed by atoms with van der Waals surface area (Å²) in [5.74, 6) is 0.117. The van der Waals surface area contributed by atoms with Crippen LogP contribution in [0.5, 0.6) is 5.75 Å². The van der Waals surface area contributed by atoms with Crippen LogP contribution in [0.25, 0.3) is 0 Å². The van der Waals surface area contributed by atoms with E-state index in [1.807, 2.05) is 13.8 Å². The number of hydrogen-bond acceptors (Lipinski definition) is 4. The highest BCUT2D eigenvalue weighted by atomic mass is 32.2. The Morgan fingerprint density at radius 3 is 2.77 bits per heavy atom. The van der Waals surface area contributed by atoms with E-state index in [4.69, 9.17) is 4.74 Å². The van der Waals surface area contributed by atoms with Crippen LogP contribution >= 0.6 is 0 Å². The van der Waals surface area contributed by atoms with Gasteiger partial charge in [0.25, 0.3) is 5.91 Å². The fraction of sp³-hybridized carbons (Fsp3) is 0.533. The smallest absolute Gasteiger partial charge is 0.263 e. The van der Waals surface area contributed by atoms with Gasteiger partial charge in [-0.1, -0.05) is 25.5 Å². The standard InChI is InChI=1S/C15H22N2O4S/c1-4-7-11(2)16-15(18)14-10-17(22(3,19)20)12-8-5-6-9-13(12)21-14/h5-6,8-9,11,14H,4,7,10H2,1-3H3,(H,16,18)/t11-,14-/m1/s1. The normalized spacial score (nSPS) is 19.0. The third-order valence-electron chi connectivity index (χ3n) is 3.54. The number of amides is 1. The Morgan fingerprint density at radius 1 is 1.45 bits per heavy atom. The van der Waals surface area contributed by atoms with Crippen molar-refractivity contribution in [1.82, 2.24) is 5.32 Å². The number of sulfonamides is 1. The number of para-hydroxylation sites is 2. The molecule has 0 saturated heterocycles. The van der Waals surface area contributed by atoms with E-state index in [-0.39, 0.29) is 18.5 Å². The Balaban J connectivity index is 2.22. The minimum Gasteiger partial charge on any atom is -0.476 e. The first-order valence-corrected chi connectivity index (χ1v) is 9.21. The Bertz CT molecular complexity index is 645. The first-order chi connectivity index (χ1) is 10.3. The van der Waals surface area contributed by atoms with Crippen LogP contribution < -0.4 is 14.4 Å². The lowest BCUT2D eigenvalue weighted by atomic mass is 10.1. The molecule has 7 heteroatoms. The van der Waals surface area contributed by atoms with Gasteiger partial charge in [0.1, 0.15) is 5.75 Å². The summed E-state index contributed by atoms with van der Waals surface area (Å²) in [6.45, 7) is 3.95. The number of fused-ring (bicyclic) bond motifs is 1. The molecule has 1 aromatic rings. The zero-order chi connectivity index (χ0) is 16.3. The quantitative estimate of drug-likeness (QED) is 0.890. The second kappa shape index (κ2) is 6.56. The summed E-state index contributed by atoms with van der Waals surface area (Å²) in [5.41, 5.74) is 0.468. The number of carbonyl (C=O) groups is 1. The van der Waals surface area contributed by atoms with Crippen LogP contribution in [-0.4, -0.2) is 39.3 Å². The lowest BCUT2D eigenvalue weighted by Gasteiger charge is -2.34. The van der Waals surface area contributed by atoms with Gasteiger partial charge in [0.15, 0.2) is 6.10 Å². The van der Waals surface area contributed by atoms with Gasteiger partial charge in [-0.3, -0.25) is 9.10 Å². The molecule has 0 radical (unpaired) electrons. The van der Waals surface area contributed by atoms with E-state index in [0.29, 0.717) is 11.4 Å². The minimum atomic E-state index is -3.47. The first-order valence-electron chi connectivity index (χ1n) is 7.36. The second-order valence-corrected chi connectivity index (χ2v) is 7.47. The molecule has 0 saturated carbocycles. The third-order valence-corrected chi connectivity index (χ3v) is 4.68. The van der Waals surface area contributed by atoms with Gasteiger partial charge in [0.2, 0.25) is 10.0 Å². The van der Waals surface area contributed by atoms with Crippen molar-refractivity contribution < 1.29 is 17.9 Å². The van der Waals surface area contributed by atoms with Gasteiger partial charge < -0.3 is 10.1 Å². The van der Waals surface area contributed by atoms with Gasteiger partial charge in [-0.25, -0.2) is 8.42 Å². The lowest BCUT2D eigenvalue weighted by molar-refractivity contribution is -0.128. The average molecular weight is 326 g/mol. The van der Waals surface area contributed by atoms with Crippen molar-refractivity contribution in [3.63, 3.8) is 0 Å². The Labute approximate surface area is 131 Å². The summed E-state index contributed by atoms with van der Waals surface area (Å²) in [4.78, 5) is 12.3. The van der Waals surface area contributed by atoms with Crippen LogP contribution in [0.3, 0.4) is 0 Å². The van der Waals surface area contributed by atoms with E-state index in [2.05, 4.69) is 5.32 Å². The Kier molecular flexibility index (Phi) is 4.95. The first kappa shape index (κ1) is 16.6. The molecular weight excluding hydrogens is 304 g/mol. The molecule has 2 rings (SSSR count). The number of carbonyl (C=O) groups excluding carboxylic acids is 1. The van der Waals surface area contributed by atoms with Gasteiger partial charge >= 0.3 is 0 Å². The largest absolute Gasteiger partial charge is 0.476 e. The molecule has 2 atom stereocenters. The van der Waals surface area contributed by atoms with E-state index >= 15 is 0 Å². The highest BCUT2D eigenvalue weighted by Gasteiger charge is 2.35. The Morgan fingerprint density at radius 2 is 2.14 bits per heavy atom. The molecule has 0 fully saturated rings. The highest BCUT2D eigenvalue weighted by Crippen LogP contribution is 2.34. The zero-order valence-corrected chi connectivity index (χ0v) is 13.9. The number of nitrogens with one attached hydrogen (secondary N) is 1. The van der Waals surface area contributed by atoms with Crippen LogP contribution in [0, 0.1) is 0 Å². The maximum Gasteiger partial charge on any atom is 0.263 e. The maximum atomic E-state index is 12.3. The van der Waals surface area contributed by atoms with Gasteiger partial charge in [0, 0.05) is 6.04 Å². The minimum absolute atomic E-state index is 0.0134. The van der Waals surface area contributed by atoms with Crippen LogP contribution in [0.15, 0.2) is 24.3 Å². The van der Waals surface area contributed by atoms with Crippen LogP contribution in [0.2, 0.25) is 0 Å². The van der Waals surface area contributed by atoms with E-state index in [1.54, 1.807) is 24.3 Å². The van der Waals surface area contributed by atoms with Gasteiger partial charge in [-0.15, -0.1) is 0 Å². The summed E-state index contributed by atoms with van der Waals surface area (Å²) >= 11 is 0. The highest BCUT2D eigenvalue weighted by molar-refractivity contribution is 7.92. The molecule has 6 nitrogen and oxygen atoms in total. The lowest BCUT2D eigenvalue weighted by Crippen LogP contribution is -2.52. The molecule has 0 spiro atoms. The van der Waals surface area contributed by atoms with E-state index in [0.717, 1.165) is 19.1 Å². The SMILES string of the molecule is CCC[C@@H](C)NC(=O)[C@H]1CN(S(C)(=O)=O)c2ccccc2O1. The molecule has 1 aromatic carbocycles. The van der Waals surface area contributed by atoms with Crippen LogP contribution in [0.1, 0.15) is 26.7 Å². The fourth-order valence-corrected chi connectivity index (χ4v) is 3.41. The predicted octanol–water partition coefficient (Wildman–Crippen LogP) is 1.52. The molecule has 0 bridgehead atoms. The van der Waals surface area contributed by atoms with Crippen molar-refractivity contribution in [3.8, 4) is 5.75 Å². The van der Waals surface area contributed by atoms with Gasteiger partial charge in [0.05, 0.1) is 18.5 Å². The number of nitrogens with zero attached hydrogens (tertiary/aromatic N) is 1. The van der Waals surface area contributed by atoms with Crippen molar-refractivity contribution >= 4 is 21.6 Å². The van der Waals surface area contributed by atoms with Crippen LogP contribution in [0.4, 0.5) is 5.69 Å². The summed E-state index contributed by atoms with van der Waals surface area (Å²) in [6, 6.07) is 6.86.